The smallest absolute Gasteiger partial charge is 0.142 e. The van der Waals surface area contributed by atoms with Crippen LogP contribution in [-0.4, -0.2) is 5.11 Å². The molecule has 0 aliphatic heterocycles. The third-order valence-electron chi connectivity index (χ3n) is 6.36. The highest BCUT2D eigenvalue weighted by Gasteiger charge is 2.35. The molecule has 0 amide bonds. The van der Waals surface area contributed by atoms with Gasteiger partial charge in [0.05, 0.1) is 0 Å². The second-order valence-electron chi connectivity index (χ2n) is 8.42. The zero-order valence-electron chi connectivity index (χ0n) is 18.5. The van der Waals surface area contributed by atoms with E-state index in [1.807, 2.05) is 115 Å². The van der Waals surface area contributed by atoms with Gasteiger partial charge in [-0.05, 0) is 35.4 Å². The number of hydrogen-bond donors (Lipinski definition) is 2. The largest absolute Gasteiger partial charge is 0.456 e. The molecule has 164 valence electrons. The van der Waals surface area contributed by atoms with Gasteiger partial charge >= 0.3 is 0 Å². The highest BCUT2D eigenvalue weighted by atomic mass is 16.3. The second-order valence-corrected chi connectivity index (χ2v) is 8.42. The Morgan fingerprint density at radius 3 is 1.88 bits per heavy atom. The van der Waals surface area contributed by atoms with Gasteiger partial charge in [0.25, 0.3) is 0 Å². The van der Waals surface area contributed by atoms with Crippen molar-refractivity contribution in [2.45, 2.75) is 5.60 Å². The van der Waals surface area contributed by atoms with E-state index in [0.717, 1.165) is 50.0 Å². The standard InChI is InChI=1S/C31H23NO2/c33-31(22-11-3-1-4-12-22,23-13-5-2-6-14-23)27-16-8-9-17-28(27)32-24-19-20-26-25-15-7-10-18-29(25)34-30(26)21-24/h1-21,32-33H. The Morgan fingerprint density at radius 2 is 1.15 bits per heavy atom. The molecule has 0 aliphatic rings. The summed E-state index contributed by atoms with van der Waals surface area (Å²) in [6.07, 6.45) is 0. The number of rotatable bonds is 5. The molecule has 0 saturated heterocycles. The molecule has 0 aliphatic carbocycles. The average molecular weight is 442 g/mol. The van der Waals surface area contributed by atoms with Crippen LogP contribution in [0.3, 0.4) is 0 Å². The average Bonchev–Trinajstić information content (AvgIpc) is 3.27. The minimum absolute atomic E-state index is 0.775. The molecule has 0 atom stereocenters. The van der Waals surface area contributed by atoms with Crippen molar-refractivity contribution in [1.29, 1.82) is 0 Å². The molecule has 3 heteroatoms. The van der Waals surface area contributed by atoms with E-state index in [-0.39, 0.29) is 0 Å². The first kappa shape index (κ1) is 20.3. The number of aliphatic hydroxyl groups is 1. The van der Waals surface area contributed by atoms with Gasteiger partial charge in [-0.2, -0.15) is 0 Å². The van der Waals surface area contributed by atoms with Gasteiger partial charge < -0.3 is 14.8 Å². The van der Waals surface area contributed by atoms with Crippen molar-refractivity contribution in [3.05, 3.63) is 144 Å². The number of para-hydroxylation sites is 2. The molecular weight excluding hydrogens is 418 g/mol. The van der Waals surface area contributed by atoms with Crippen molar-refractivity contribution >= 4 is 33.3 Å². The van der Waals surface area contributed by atoms with Crippen LogP contribution in [0, 0.1) is 0 Å². The fraction of sp³-hybridized carbons (Fsp3) is 0.0323. The van der Waals surface area contributed by atoms with Crippen LogP contribution in [0.25, 0.3) is 21.9 Å². The fourth-order valence-corrected chi connectivity index (χ4v) is 4.70. The van der Waals surface area contributed by atoms with Gasteiger partial charge in [0.1, 0.15) is 16.8 Å². The van der Waals surface area contributed by atoms with Gasteiger partial charge in [-0.1, -0.05) is 97.1 Å². The molecule has 0 saturated carbocycles. The molecule has 5 aromatic carbocycles. The molecule has 0 unspecified atom stereocenters. The van der Waals surface area contributed by atoms with Crippen LogP contribution in [0.15, 0.2) is 132 Å². The highest BCUT2D eigenvalue weighted by Crippen LogP contribution is 2.41. The molecular formula is C31H23NO2. The number of furan rings is 1. The first-order valence-corrected chi connectivity index (χ1v) is 11.3. The molecule has 6 rings (SSSR count). The van der Waals surface area contributed by atoms with Crippen LogP contribution < -0.4 is 5.32 Å². The van der Waals surface area contributed by atoms with Crippen molar-refractivity contribution in [2.24, 2.45) is 0 Å². The zero-order chi connectivity index (χ0) is 23.0. The molecule has 1 aromatic heterocycles. The van der Waals surface area contributed by atoms with Crippen molar-refractivity contribution in [3.8, 4) is 0 Å². The summed E-state index contributed by atoms with van der Waals surface area (Å²) in [6, 6.07) is 41.7. The Kier molecular flexibility index (Phi) is 4.90. The predicted octanol–water partition coefficient (Wildman–Crippen LogP) is 7.61. The van der Waals surface area contributed by atoms with E-state index in [9.17, 15) is 5.11 Å². The van der Waals surface area contributed by atoms with Gasteiger partial charge in [0.15, 0.2) is 0 Å². The van der Waals surface area contributed by atoms with E-state index in [2.05, 4.69) is 17.4 Å². The Hall–Kier alpha value is -4.34. The fourth-order valence-electron chi connectivity index (χ4n) is 4.70. The van der Waals surface area contributed by atoms with Gasteiger partial charge in [-0.3, -0.25) is 0 Å². The van der Waals surface area contributed by atoms with Gasteiger partial charge in [0.2, 0.25) is 0 Å². The van der Waals surface area contributed by atoms with Gasteiger partial charge in [0, 0.05) is 33.8 Å². The van der Waals surface area contributed by atoms with E-state index < -0.39 is 5.60 Å². The molecule has 0 fully saturated rings. The highest BCUT2D eigenvalue weighted by molar-refractivity contribution is 6.05. The van der Waals surface area contributed by atoms with Gasteiger partial charge in [-0.15, -0.1) is 0 Å². The molecule has 2 N–H and O–H groups in total. The molecule has 0 bridgehead atoms. The Balaban J connectivity index is 1.48. The molecule has 3 nitrogen and oxygen atoms in total. The van der Waals surface area contributed by atoms with E-state index in [0.29, 0.717) is 0 Å². The lowest BCUT2D eigenvalue weighted by atomic mass is 9.79. The summed E-state index contributed by atoms with van der Waals surface area (Å²) in [5.74, 6) is 0. The van der Waals surface area contributed by atoms with E-state index in [4.69, 9.17) is 4.42 Å². The number of hydrogen-bond acceptors (Lipinski definition) is 3. The van der Waals surface area contributed by atoms with Crippen LogP contribution in [0.5, 0.6) is 0 Å². The number of nitrogens with one attached hydrogen (secondary N) is 1. The third kappa shape index (κ3) is 3.35. The third-order valence-corrected chi connectivity index (χ3v) is 6.36. The first-order valence-electron chi connectivity index (χ1n) is 11.3. The lowest BCUT2D eigenvalue weighted by Gasteiger charge is -2.32. The van der Waals surface area contributed by atoms with Crippen molar-refractivity contribution < 1.29 is 9.52 Å². The minimum Gasteiger partial charge on any atom is -0.456 e. The Labute approximate surface area is 197 Å². The number of benzene rings is 5. The Morgan fingerprint density at radius 1 is 0.559 bits per heavy atom. The molecule has 1 heterocycles. The van der Waals surface area contributed by atoms with Crippen LogP contribution in [0.1, 0.15) is 16.7 Å². The number of fused-ring (bicyclic) bond motifs is 3. The number of anilines is 2. The summed E-state index contributed by atoms with van der Waals surface area (Å²) in [7, 11) is 0. The maximum Gasteiger partial charge on any atom is 0.142 e. The van der Waals surface area contributed by atoms with E-state index in [1.165, 1.54) is 0 Å². The Bertz CT molecular complexity index is 1550. The summed E-state index contributed by atoms with van der Waals surface area (Å²) >= 11 is 0. The summed E-state index contributed by atoms with van der Waals surface area (Å²) in [6.45, 7) is 0. The topological polar surface area (TPSA) is 45.4 Å². The van der Waals surface area contributed by atoms with E-state index in [1.54, 1.807) is 0 Å². The van der Waals surface area contributed by atoms with Crippen LogP contribution in [0.2, 0.25) is 0 Å². The van der Waals surface area contributed by atoms with Crippen LogP contribution in [0.4, 0.5) is 11.4 Å². The van der Waals surface area contributed by atoms with Crippen molar-refractivity contribution in [2.75, 3.05) is 5.32 Å². The zero-order valence-corrected chi connectivity index (χ0v) is 18.5. The maximum atomic E-state index is 12.3. The predicted molar refractivity (Wildman–Crippen MR) is 138 cm³/mol. The molecule has 6 aromatic rings. The summed E-state index contributed by atoms with van der Waals surface area (Å²) in [4.78, 5) is 0. The monoisotopic (exact) mass is 441 g/mol. The van der Waals surface area contributed by atoms with Crippen LogP contribution in [-0.2, 0) is 5.60 Å². The van der Waals surface area contributed by atoms with Crippen molar-refractivity contribution in [1.82, 2.24) is 0 Å². The van der Waals surface area contributed by atoms with E-state index >= 15 is 0 Å². The second kappa shape index (κ2) is 8.22. The quantitative estimate of drug-likeness (QED) is 0.271. The summed E-state index contributed by atoms with van der Waals surface area (Å²) in [5.41, 5.74) is 4.48. The minimum atomic E-state index is -1.32. The van der Waals surface area contributed by atoms with Crippen LogP contribution >= 0.6 is 0 Å². The first-order chi connectivity index (χ1) is 16.7. The van der Waals surface area contributed by atoms with Crippen molar-refractivity contribution in [3.63, 3.8) is 0 Å². The normalized spacial score (nSPS) is 11.7. The molecule has 0 spiro atoms. The lowest BCUT2D eigenvalue weighted by Crippen LogP contribution is -2.29. The SMILES string of the molecule is OC(c1ccccc1)(c1ccccc1)c1ccccc1Nc1ccc2c(c1)oc1ccccc12. The van der Waals surface area contributed by atoms with Gasteiger partial charge in [-0.25, -0.2) is 0 Å². The summed E-state index contributed by atoms with van der Waals surface area (Å²) in [5, 5.41) is 18.0. The summed E-state index contributed by atoms with van der Waals surface area (Å²) < 4.78 is 6.08. The molecule has 0 radical (unpaired) electrons. The molecule has 34 heavy (non-hydrogen) atoms. The maximum absolute atomic E-state index is 12.3. The lowest BCUT2D eigenvalue weighted by molar-refractivity contribution is 0.126.